The number of para-hydroxylation sites is 1. The minimum Gasteiger partial charge on any atom is -0.508 e. The minimum atomic E-state index is -0.760. The molecule has 1 heterocycles. The molecule has 0 spiro atoms. The van der Waals surface area contributed by atoms with Crippen molar-refractivity contribution >= 4 is 16.6 Å². The topological polar surface area (TPSA) is 85.5 Å². The molecule has 0 aliphatic heterocycles. The van der Waals surface area contributed by atoms with Gasteiger partial charge in [0.05, 0.1) is 16.0 Å². The van der Waals surface area contributed by atoms with Crippen LogP contribution in [0.15, 0.2) is 54.7 Å². The average Bonchev–Trinajstić information content (AvgIpc) is 2.60. The monoisotopic (exact) mass is 324 g/mol. The molecule has 1 aromatic heterocycles. The molecule has 0 aliphatic rings. The van der Waals surface area contributed by atoms with Gasteiger partial charge in [0, 0.05) is 29.8 Å². The van der Waals surface area contributed by atoms with Gasteiger partial charge in [-0.3, -0.25) is 15.1 Å². The lowest BCUT2D eigenvalue weighted by atomic mass is 9.95. The lowest BCUT2D eigenvalue weighted by molar-refractivity contribution is -0.386. The van der Waals surface area contributed by atoms with Crippen molar-refractivity contribution in [2.24, 2.45) is 0 Å². The summed E-state index contributed by atoms with van der Waals surface area (Å²) in [5.74, 6) is 0.0205. The fraction of sp³-hybridized carbons (Fsp3) is 0.167. The molecule has 3 aromatic rings. The average molecular weight is 324 g/mol. The van der Waals surface area contributed by atoms with Gasteiger partial charge in [-0.2, -0.15) is 0 Å². The number of phenolic OH excluding ortho intramolecular Hbond substituents is 1. The zero-order valence-corrected chi connectivity index (χ0v) is 13.0. The lowest BCUT2D eigenvalue weighted by Crippen LogP contribution is -2.10. The summed E-state index contributed by atoms with van der Waals surface area (Å²) in [5, 5.41) is 22.5. The van der Waals surface area contributed by atoms with Gasteiger partial charge in [0.1, 0.15) is 11.9 Å². The van der Waals surface area contributed by atoms with Crippen LogP contribution in [0.3, 0.4) is 0 Å². The van der Waals surface area contributed by atoms with Crippen LogP contribution in [0.2, 0.25) is 0 Å². The van der Waals surface area contributed by atoms with Gasteiger partial charge in [-0.1, -0.05) is 18.2 Å². The molecule has 0 radical (unpaired) electrons. The standard InChI is InChI=1S/C18H16N2O4/c1-2-24-18(13-6-3-4-8-15(13)20(22)23)17-12-7-5-11-19-14(12)9-10-16(17)21/h3-11,18,21H,2H2,1H3. The molecule has 122 valence electrons. The summed E-state index contributed by atoms with van der Waals surface area (Å²) < 4.78 is 5.80. The van der Waals surface area contributed by atoms with Gasteiger partial charge in [-0.25, -0.2) is 0 Å². The fourth-order valence-electron chi connectivity index (χ4n) is 2.81. The largest absolute Gasteiger partial charge is 0.508 e. The number of phenols is 1. The number of hydrogen-bond acceptors (Lipinski definition) is 5. The highest BCUT2D eigenvalue weighted by Crippen LogP contribution is 2.40. The Labute approximate surface area is 138 Å². The van der Waals surface area contributed by atoms with Gasteiger partial charge in [0.25, 0.3) is 5.69 Å². The van der Waals surface area contributed by atoms with Gasteiger partial charge >= 0.3 is 0 Å². The summed E-state index contributed by atoms with van der Waals surface area (Å²) in [7, 11) is 0. The van der Waals surface area contributed by atoms with E-state index < -0.39 is 11.0 Å². The quantitative estimate of drug-likeness (QED) is 0.567. The van der Waals surface area contributed by atoms with Crippen molar-refractivity contribution in [3.63, 3.8) is 0 Å². The zero-order valence-electron chi connectivity index (χ0n) is 13.0. The van der Waals surface area contributed by atoms with E-state index in [4.69, 9.17) is 4.74 Å². The summed E-state index contributed by atoms with van der Waals surface area (Å²) in [4.78, 5) is 15.2. The van der Waals surface area contributed by atoms with E-state index in [0.717, 1.165) is 0 Å². The first kappa shape index (κ1) is 15.9. The number of hydrogen-bond donors (Lipinski definition) is 1. The third-order valence-corrected chi connectivity index (χ3v) is 3.82. The summed E-state index contributed by atoms with van der Waals surface area (Å²) >= 11 is 0. The van der Waals surface area contributed by atoms with Gasteiger partial charge in [0.15, 0.2) is 0 Å². The second kappa shape index (κ2) is 6.64. The van der Waals surface area contributed by atoms with Crippen LogP contribution in [0.5, 0.6) is 5.75 Å². The van der Waals surface area contributed by atoms with Gasteiger partial charge in [-0.15, -0.1) is 0 Å². The summed E-state index contributed by atoms with van der Waals surface area (Å²) in [6.45, 7) is 2.15. The molecule has 3 rings (SSSR count). The number of aromatic hydroxyl groups is 1. The van der Waals surface area contributed by atoms with E-state index in [0.29, 0.717) is 28.6 Å². The van der Waals surface area contributed by atoms with E-state index in [9.17, 15) is 15.2 Å². The molecular formula is C18H16N2O4. The van der Waals surface area contributed by atoms with E-state index in [1.54, 1.807) is 36.5 Å². The number of pyridine rings is 1. The Kier molecular flexibility index (Phi) is 4.39. The van der Waals surface area contributed by atoms with E-state index in [-0.39, 0.29) is 11.4 Å². The Morgan fingerprint density at radius 3 is 2.75 bits per heavy atom. The number of nitrogens with zero attached hydrogens (tertiary/aromatic N) is 2. The number of rotatable bonds is 5. The number of ether oxygens (including phenoxy) is 1. The Bertz CT molecular complexity index is 895. The predicted octanol–water partition coefficient (Wildman–Crippen LogP) is 3.97. The highest BCUT2D eigenvalue weighted by Gasteiger charge is 2.27. The lowest BCUT2D eigenvalue weighted by Gasteiger charge is -2.20. The van der Waals surface area contributed by atoms with E-state index in [1.165, 1.54) is 12.1 Å². The smallest absolute Gasteiger partial charge is 0.275 e. The molecule has 1 atom stereocenters. The molecule has 0 saturated carbocycles. The van der Waals surface area contributed by atoms with Crippen molar-refractivity contribution in [2.75, 3.05) is 6.61 Å². The fourth-order valence-corrected chi connectivity index (χ4v) is 2.81. The number of benzene rings is 2. The van der Waals surface area contributed by atoms with E-state index >= 15 is 0 Å². The SMILES string of the molecule is CCOC(c1ccccc1[N+](=O)[O-])c1c(O)ccc2ncccc12. The molecule has 6 heteroatoms. The van der Waals surface area contributed by atoms with Crippen LogP contribution >= 0.6 is 0 Å². The summed E-state index contributed by atoms with van der Waals surface area (Å²) in [6, 6.07) is 13.2. The Morgan fingerprint density at radius 2 is 2.00 bits per heavy atom. The molecule has 6 nitrogen and oxygen atoms in total. The van der Waals surface area contributed by atoms with Gasteiger partial charge < -0.3 is 9.84 Å². The third kappa shape index (κ3) is 2.79. The summed E-state index contributed by atoms with van der Waals surface area (Å²) in [5.41, 5.74) is 1.53. The maximum absolute atomic E-state index is 11.4. The molecule has 0 fully saturated rings. The van der Waals surface area contributed by atoms with Crippen molar-refractivity contribution in [1.82, 2.24) is 4.98 Å². The molecule has 1 N–H and O–H groups in total. The first-order valence-electron chi connectivity index (χ1n) is 7.55. The van der Waals surface area contributed by atoms with Crippen molar-refractivity contribution < 1.29 is 14.8 Å². The molecular weight excluding hydrogens is 308 g/mol. The van der Waals surface area contributed by atoms with Crippen LogP contribution in [0, 0.1) is 10.1 Å². The molecule has 0 aliphatic carbocycles. The molecule has 1 unspecified atom stereocenters. The number of aromatic nitrogens is 1. The van der Waals surface area contributed by atoms with Gasteiger partial charge in [0.2, 0.25) is 0 Å². The Hall–Kier alpha value is -2.99. The Morgan fingerprint density at radius 1 is 1.21 bits per heavy atom. The van der Waals surface area contributed by atoms with E-state index in [2.05, 4.69) is 4.98 Å². The molecule has 2 aromatic carbocycles. The first-order chi connectivity index (χ1) is 11.6. The van der Waals surface area contributed by atoms with E-state index in [1.807, 2.05) is 13.0 Å². The second-order valence-electron chi connectivity index (χ2n) is 5.22. The number of nitro benzene ring substituents is 1. The first-order valence-corrected chi connectivity index (χ1v) is 7.55. The van der Waals surface area contributed by atoms with Crippen molar-refractivity contribution in [3.05, 3.63) is 76.0 Å². The third-order valence-electron chi connectivity index (χ3n) is 3.82. The second-order valence-corrected chi connectivity index (χ2v) is 5.22. The van der Waals surface area contributed by atoms with Crippen LogP contribution in [-0.4, -0.2) is 21.6 Å². The van der Waals surface area contributed by atoms with Crippen LogP contribution < -0.4 is 0 Å². The Balaban J connectivity index is 2.28. The van der Waals surface area contributed by atoms with Crippen molar-refractivity contribution in [3.8, 4) is 5.75 Å². The normalized spacial score (nSPS) is 12.2. The van der Waals surface area contributed by atoms with Crippen LogP contribution in [0.4, 0.5) is 5.69 Å². The zero-order chi connectivity index (χ0) is 17.1. The number of fused-ring (bicyclic) bond motifs is 1. The molecule has 0 saturated heterocycles. The maximum atomic E-state index is 11.4. The van der Waals surface area contributed by atoms with Crippen molar-refractivity contribution in [1.29, 1.82) is 0 Å². The highest BCUT2D eigenvalue weighted by molar-refractivity contribution is 5.85. The van der Waals surface area contributed by atoms with Crippen molar-refractivity contribution in [2.45, 2.75) is 13.0 Å². The van der Waals surface area contributed by atoms with Gasteiger partial charge in [-0.05, 0) is 31.2 Å². The van der Waals surface area contributed by atoms with Crippen LogP contribution in [0.1, 0.15) is 24.2 Å². The van der Waals surface area contributed by atoms with Crippen LogP contribution in [0.25, 0.3) is 10.9 Å². The minimum absolute atomic E-state index is 0.0205. The molecule has 24 heavy (non-hydrogen) atoms. The molecule has 0 amide bonds. The van der Waals surface area contributed by atoms with Crippen LogP contribution in [-0.2, 0) is 4.74 Å². The molecule has 0 bridgehead atoms. The number of nitro groups is 1. The predicted molar refractivity (Wildman–Crippen MR) is 90.0 cm³/mol. The highest BCUT2D eigenvalue weighted by atomic mass is 16.6. The maximum Gasteiger partial charge on any atom is 0.275 e. The summed E-state index contributed by atoms with van der Waals surface area (Å²) in [6.07, 6.45) is 0.897.